The van der Waals surface area contributed by atoms with Gasteiger partial charge < -0.3 is 9.64 Å². The second-order valence-corrected chi connectivity index (χ2v) is 9.11. The molecule has 0 aromatic heterocycles. The monoisotopic (exact) mass is 392 g/mol. The van der Waals surface area contributed by atoms with Crippen molar-refractivity contribution in [2.45, 2.75) is 25.7 Å². The number of para-hydroxylation sites is 2. The molecule has 1 aliphatic carbocycles. The quantitative estimate of drug-likeness (QED) is 0.498. The summed E-state index contributed by atoms with van der Waals surface area (Å²) in [5.41, 5.74) is 1.25. The van der Waals surface area contributed by atoms with Crippen LogP contribution in [-0.4, -0.2) is 39.5 Å². The lowest BCUT2D eigenvalue weighted by Gasteiger charge is -2.41. The van der Waals surface area contributed by atoms with Crippen LogP contribution in [0.4, 0.5) is 5.69 Å². The average molecular weight is 393 g/mol. The van der Waals surface area contributed by atoms with Crippen molar-refractivity contribution < 1.29 is 4.74 Å². The summed E-state index contributed by atoms with van der Waals surface area (Å²) < 4.78 is 6.35. The van der Waals surface area contributed by atoms with Crippen LogP contribution in [-0.2, 0) is 0 Å². The van der Waals surface area contributed by atoms with E-state index in [4.69, 9.17) is 21.9 Å². The van der Waals surface area contributed by atoms with E-state index in [1.54, 1.807) is 18.9 Å². The van der Waals surface area contributed by atoms with Gasteiger partial charge in [-0.15, -0.1) is 6.58 Å². The third-order valence-corrected chi connectivity index (χ3v) is 7.51. The Balaban J connectivity index is 1.88. The fourth-order valence-electron chi connectivity index (χ4n) is 3.44. The number of thiocarbonyl (C=S) groups is 1. The Morgan fingerprint density at radius 3 is 2.92 bits per heavy atom. The van der Waals surface area contributed by atoms with Gasteiger partial charge in [0, 0.05) is 18.1 Å². The van der Waals surface area contributed by atoms with E-state index in [1.807, 2.05) is 42.1 Å². The van der Waals surface area contributed by atoms with E-state index in [0.29, 0.717) is 5.41 Å². The lowest BCUT2D eigenvalue weighted by molar-refractivity contribution is 0.291. The first-order valence-corrected chi connectivity index (χ1v) is 11.0. The zero-order chi connectivity index (χ0) is 17.7. The van der Waals surface area contributed by atoms with E-state index in [0.717, 1.165) is 39.0 Å². The summed E-state index contributed by atoms with van der Waals surface area (Å²) in [5, 5.41) is 0.989. The fourth-order valence-corrected chi connectivity index (χ4v) is 5.77. The van der Waals surface area contributed by atoms with Gasteiger partial charge in [-0.05, 0) is 30.4 Å². The maximum absolute atomic E-state index is 5.73. The van der Waals surface area contributed by atoms with Crippen LogP contribution in [0.3, 0.4) is 0 Å². The molecule has 0 amide bonds. The minimum absolute atomic E-state index is 0.392. The standard InChI is InChI=1S/C19H24N2OS3/c1-3-12-24-18(23)21-13-19(10-6-7-11-19)14-25-17(21)20-15-8-4-5-9-16(15)22-2/h3-5,8-9H,1,6-7,10-14H2,2H3. The topological polar surface area (TPSA) is 24.8 Å². The maximum Gasteiger partial charge on any atom is 0.170 e. The van der Waals surface area contributed by atoms with Crippen LogP contribution >= 0.6 is 35.7 Å². The highest BCUT2D eigenvalue weighted by Gasteiger charge is 2.41. The van der Waals surface area contributed by atoms with E-state index in [-0.39, 0.29) is 0 Å². The number of thioether (sulfide) groups is 2. The van der Waals surface area contributed by atoms with E-state index in [9.17, 15) is 0 Å². The zero-order valence-corrected chi connectivity index (χ0v) is 17.0. The van der Waals surface area contributed by atoms with Crippen LogP contribution < -0.4 is 4.74 Å². The van der Waals surface area contributed by atoms with E-state index in [1.165, 1.54) is 25.7 Å². The van der Waals surface area contributed by atoms with Crippen molar-refractivity contribution in [1.29, 1.82) is 0 Å². The van der Waals surface area contributed by atoms with Gasteiger partial charge in [-0.3, -0.25) is 0 Å². The van der Waals surface area contributed by atoms with Crippen LogP contribution in [0, 0.1) is 5.41 Å². The highest BCUT2D eigenvalue weighted by Crippen LogP contribution is 2.46. The summed E-state index contributed by atoms with van der Waals surface area (Å²) in [6, 6.07) is 7.89. The van der Waals surface area contributed by atoms with Crippen LogP contribution in [0.15, 0.2) is 41.9 Å². The third-order valence-electron chi connectivity index (χ3n) is 4.74. The van der Waals surface area contributed by atoms with Gasteiger partial charge in [-0.1, -0.05) is 66.8 Å². The zero-order valence-electron chi connectivity index (χ0n) is 14.6. The van der Waals surface area contributed by atoms with Crippen LogP contribution in [0.25, 0.3) is 0 Å². The molecule has 1 aliphatic heterocycles. The van der Waals surface area contributed by atoms with Crippen molar-refractivity contribution in [3.8, 4) is 5.75 Å². The molecule has 1 aromatic rings. The predicted molar refractivity (Wildman–Crippen MR) is 115 cm³/mol. The number of aliphatic imine (C=N–C) groups is 1. The predicted octanol–water partition coefficient (Wildman–Crippen LogP) is 5.50. The summed E-state index contributed by atoms with van der Waals surface area (Å²) in [4.78, 5) is 7.15. The highest BCUT2D eigenvalue weighted by molar-refractivity contribution is 8.23. The molecule has 3 rings (SSSR count). The lowest BCUT2D eigenvalue weighted by Crippen LogP contribution is -2.47. The largest absolute Gasteiger partial charge is 0.494 e. The molecule has 0 unspecified atom stereocenters. The molecule has 0 N–H and O–H groups in total. The van der Waals surface area contributed by atoms with Crippen molar-refractivity contribution in [2.24, 2.45) is 10.4 Å². The molecule has 3 nitrogen and oxygen atoms in total. The van der Waals surface area contributed by atoms with Gasteiger partial charge in [0.25, 0.3) is 0 Å². The number of benzene rings is 1. The minimum atomic E-state index is 0.392. The number of methoxy groups -OCH3 is 1. The van der Waals surface area contributed by atoms with Crippen molar-refractivity contribution in [1.82, 2.24) is 4.90 Å². The molecule has 0 radical (unpaired) electrons. The van der Waals surface area contributed by atoms with E-state index < -0.39 is 0 Å². The second-order valence-electron chi connectivity index (χ2n) is 6.51. The molecule has 1 aromatic carbocycles. The Morgan fingerprint density at radius 1 is 1.44 bits per heavy atom. The lowest BCUT2D eigenvalue weighted by atomic mass is 9.88. The van der Waals surface area contributed by atoms with Gasteiger partial charge in [0.15, 0.2) is 5.17 Å². The molecule has 2 fully saturated rings. The number of ether oxygens (including phenoxy) is 1. The van der Waals surface area contributed by atoms with Gasteiger partial charge in [-0.25, -0.2) is 4.99 Å². The Kier molecular flexibility index (Phi) is 6.47. The van der Waals surface area contributed by atoms with E-state index in [2.05, 4.69) is 11.5 Å². The van der Waals surface area contributed by atoms with Gasteiger partial charge in [0.2, 0.25) is 0 Å². The van der Waals surface area contributed by atoms with Crippen LogP contribution in [0.1, 0.15) is 25.7 Å². The number of hydrogen-bond acceptors (Lipinski definition) is 5. The van der Waals surface area contributed by atoms with Crippen molar-refractivity contribution in [3.63, 3.8) is 0 Å². The summed E-state index contributed by atoms with van der Waals surface area (Å²) >= 11 is 9.23. The Labute approximate surface area is 164 Å². The molecule has 1 saturated heterocycles. The normalized spacial score (nSPS) is 20.8. The molecule has 25 heavy (non-hydrogen) atoms. The molecule has 1 saturated carbocycles. The molecule has 2 aliphatic rings. The molecular formula is C19H24N2OS3. The number of nitrogens with zero attached hydrogens (tertiary/aromatic N) is 2. The Bertz CT molecular complexity index is 668. The third kappa shape index (κ3) is 4.41. The van der Waals surface area contributed by atoms with Crippen LogP contribution in [0.2, 0.25) is 0 Å². The summed E-state index contributed by atoms with van der Waals surface area (Å²) in [6.07, 6.45) is 7.16. The molecule has 1 heterocycles. The van der Waals surface area contributed by atoms with Gasteiger partial charge in [0.05, 0.1) is 7.11 Å². The molecular weight excluding hydrogens is 368 g/mol. The molecule has 134 valence electrons. The first kappa shape index (κ1) is 18.8. The smallest absolute Gasteiger partial charge is 0.170 e. The van der Waals surface area contributed by atoms with Crippen molar-refractivity contribution in [2.75, 3.05) is 25.2 Å². The van der Waals surface area contributed by atoms with Gasteiger partial charge >= 0.3 is 0 Å². The fraction of sp³-hybridized carbons (Fsp3) is 0.474. The first-order valence-electron chi connectivity index (χ1n) is 8.57. The van der Waals surface area contributed by atoms with E-state index >= 15 is 0 Å². The number of rotatable bonds is 4. The van der Waals surface area contributed by atoms with Gasteiger partial charge in [-0.2, -0.15) is 0 Å². The average Bonchev–Trinajstić information content (AvgIpc) is 3.09. The number of amidine groups is 1. The highest BCUT2D eigenvalue weighted by atomic mass is 32.2. The summed E-state index contributed by atoms with van der Waals surface area (Å²) in [5.74, 6) is 2.75. The molecule has 0 bridgehead atoms. The Hall–Kier alpha value is -0.980. The molecule has 6 heteroatoms. The Morgan fingerprint density at radius 2 is 2.20 bits per heavy atom. The SMILES string of the molecule is C=CCSC(=S)N1CC2(CCCC2)CSC1=Nc1ccccc1OC. The first-order chi connectivity index (χ1) is 12.2. The van der Waals surface area contributed by atoms with Crippen molar-refractivity contribution in [3.05, 3.63) is 36.9 Å². The summed E-state index contributed by atoms with van der Waals surface area (Å²) in [7, 11) is 1.68. The second kappa shape index (κ2) is 8.60. The molecule has 0 atom stereocenters. The van der Waals surface area contributed by atoms with Gasteiger partial charge in [0.1, 0.15) is 15.8 Å². The maximum atomic E-state index is 5.73. The molecule has 1 spiro atoms. The summed E-state index contributed by atoms with van der Waals surface area (Å²) in [6.45, 7) is 4.79. The van der Waals surface area contributed by atoms with Crippen molar-refractivity contribution >= 4 is 50.9 Å². The van der Waals surface area contributed by atoms with Crippen LogP contribution in [0.5, 0.6) is 5.75 Å². The minimum Gasteiger partial charge on any atom is -0.494 e. The number of hydrogen-bond donors (Lipinski definition) is 0.